The van der Waals surface area contributed by atoms with Crippen LogP contribution >= 0.6 is 0 Å². The maximum absolute atomic E-state index is 13.1. The first-order chi connectivity index (χ1) is 20.0. The smallest absolute Gasteiger partial charge is 0.410 e. The molecular formula is C33H37N5O4. The van der Waals surface area contributed by atoms with Crippen molar-refractivity contribution >= 4 is 28.7 Å². The van der Waals surface area contributed by atoms with E-state index in [0.29, 0.717) is 24.1 Å². The minimum Gasteiger partial charge on any atom is -0.444 e. The Morgan fingerprint density at radius 1 is 0.905 bits per heavy atom. The van der Waals surface area contributed by atoms with Gasteiger partial charge in [-0.15, -0.1) is 0 Å². The Balaban J connectivity index is 1.38. The van der Waals surface area contributed by atoms with Crippen molar-refractivity contribution in [2.75, 3.05) is 31.1 Å². The van der Waals surface area contributed by atoms with Gasteiger partial charge in [-0.25, -0.2) is 9.78 Å². The fraction of sp³-hybridized carbons (Fsp3) is 0.333. The number of ether oxygens (including phenoxy) is 1. The summed E-state index contributed by atoms with van der Waals surface area (Å²) >= 11 is 0. The van der Waals surface area contributed by atoms with Crippen molar-refractivity contribution in [1.82, 2.24) is 19.8 Å². The number of benzene rings is 2. The highest BCUT2D eigenvalue weighted by atomic mass is 16.6. The number of pyridine rings is 2. The molecule has 0 bridgehead atoms. The molecule has 1 N–H and O–H groups in total. The lowest BCUT2D eigenvalue weighted by Gasteiger charge is -2.36. The third kappa shape index (κ3) is 6.30. The normalized spacial score (nSPS) is 13.9. The summed E-state index contributed by atoms with van der Waals surface area (Å²) < 4.78 is 7.31. The average Bonchev–Trinajstić information content (AvgIpc) is 2.96. The number of carbonyl (C=O) groups excluding carboxylic acids is 2. The lowest BCUT2D eigenvalue weighted by Crippen LogP contribution is -2.50. The molecule has 0 aliphatic carbocycles. The van der Waals surface area contributed by atoms with Gasteiger partial charge in [-0.2, -0.15) is 0 Å². The Morgan fingerprint density at radius 2 is 1.62 bits per heavy atom. The zero-order valence-electron chi connectivity index (χ0n) is 24.8. The first-order valence-corrected chi connectivity index (χ1v) is 14.3. The van der Waals surface area contributed by atoms with E-state index < -0.39 is 11.5 Å². The Bertz CT molecular complexity index is 1660. The topological polar surface area (TPSA) is 96.8 Å². The maximum atomic E-state index is 13.1. The maximum Gasteiger partial charge on any atom is 0.410 e. The molecule has 0 saturated carbocycles. The molecule has 0 radical (unpaired) electrons. The van der Waals surface area contributed by atoms with Crippen LogP contribution in [0.25, 0.3) is 27.8 Å². The Hall–Kier alpha value is -4.66. The molecule has 2 aromatic heterocycles. The number of rotatable bonds is 5. The number of fused-ring (bicyclic) bond motifs is 1. The van der Waals surface area contributed by atoms with E-state index in [1.54, 1.807) is 34.0 Å². The van der Waals surface area contributed by atoms with Gasteiger partial charge in [-0.1, -0.05) is 24.3 Å². The fourth-order valence-corrected chi connectivity index (χ4v) is 5.03. The second-order valence-corrected chi connectivity index (χ2v) is 11.8. The van der Waals surface area contributed by atoms with Crippen molar-refractivity contribution in [3.63, 3.8) is 0 Å². The minimum atomic E-state index is -0.506. The molecule has 1 aliphatic rings. The van der Waals surface area contributed by atoms with Crippen molar-refractivity contribution in [3.8, 4) is 16.8 Å². The van der Waals surface area contributed by atoms with Gasteiger partial charge in [0.25, 0.3) is 5.91 Å². The third-order valence-electron chi connectivity index (χ3n) is 7.05. The number of hydrogen-bond acceptors (Lipinski definition) is 6. The van der Waals surface area contributed by atoms with Crippen LogP contribution in [-0.2, 0) is 4.74 Å². The van der Waals surface area contributed by atoms with Gasteiger partial charge in [-0.05, 0) is 82.1 Å². The van der Waals surface area contributed by atoms with Crippen LogP contribution in [0.15, 0.2) is 77.9 Å². The van der Waals surface area contributed by atoms with Gasteiger partial charge in [0.05, 0.1) is 5.39 Å². The van der Waals surface area contributed by atoms with E-state index in [0.717, 1.165) is 35.6 Å². The highest BCUT2D eigenvalue weighted by molar-refractivity contribution is 5.97. The SMILES string of the molecule is CC(C)NC(=O)c1cn(-c2cccc(-c3ccc(N4CCN(C(=O)OC(C)(C)C)CC4)cc3)c2)c2ncccc2c1=O. The molecule has 1 saturated heterocycles. The van der Waals surface area contributed by atoms with Gasteiger partial charge >= 0.3 is 6.09 Å². The van der Waals surface area contributed by atoms with Crippen molar-refractivity contribution in [2.24, 2.45) is 0 Å². The number of anilines is 1. The summed E-state index contributed by atoms with van der Waals surface area (Å²) in [4.78, 5) is 46.9. The predicted octanol–water partition coefficient (Wildman–Crippen LogP) is 5.25. The van der Waals surface area contributed by atoms with E-state index in [2.05, 4.69) is 39.5 Å². The third-order valence-corrected chi connectivity index (χ3v) is 7.05. The van der Waals surface area contributed by atoms with E-state index in [9.17, 15) is 14.4 Å². The van der Waals surface area contributed by atoms with Crippen LogP contribution in [0.3, 0.4) is 0 Å². The Kier molecular flexibility index (Phi) is 8.02. The Labute approximate surface area is 245 Å². The molecule has 4 aromatic rings. The summed E-state index contributed by atoms with van der Waals surface area (Å²) in [5, 5.41) is 3.21. The molecule has 3 heterocycles. The van der Waals surface area contributed by atoms with E-state index in [4.69, 9.17) is 4.74 Å². The summed E-state index contributed by atoms with van der Waals surface area (Å²) in [5.74, 6) is -0.409. The van der Waals surface area contributed by atoms with Gasteiger partial charge in [0.1, 0.15) is 16.8 Å². The van der Waals surface area contributed by atoms with Crippen LogP contribution in [0.2, 0.25) is 0 Å². The molecule has 1 fully saturated rings. The molecule has 9 nitrogen and oxygen atoms in total. The van der Waals surface area contributed by atoms with Crippen molar-refractivity contribution in [1.29, 1.82) is 0 Å². The van der Waals surface area contributed by atoms with E-state index >= 15 is 0 Å². The molecular weight excluding hydrogens is 530 g/mol. The molecule has 0 unspecified atom stereocenters. The van der Waals surface area contributed by atoms with Crippen LogP contribution in [0.5, 0.6) is 0 Å². The zero-order valence-corrected chi connectivity index (χ0v) is 24.8. The molecule has 5 rings (SSSR count). The highest BCUT2D eigenvalue weighted by Gasteiger charge is 2.26. The van der Waals surface area contributed by atoms with Gasteiger partial charge in [0, 0.05) is 56.0 Å². The molecule has 0 atom stereocenters. The Morgan fingerprint density at radius 3 is 2.29 bits per heavy atom. The number of aromatic nitrogens is 2. The quantitative estimate of drug-likeness (QED) is 0.354. The summed E-state index contributed by atoms with van der Waals surface area (Å²) in [5.41, 5.74) is 3.62. The molecule has 2 aromatic carbocycles. The molecule has 0 spiro atoms. The number of hydrogen-bond donors (Lipinski definition) is 1. The number of amides is 2. The fourth-order valence-electron chi connectivity index (χ4n) is 5.03. The van der Waals surface area contributed by atoms with E-state index in [-0.39, 0.29) is 23.1 Å². The second-order valence-electron chi connectivity index (χ2n) is 11.8. The van der Waals surface area contributed by atoms with Crippen molar-refractivity contribution in [3.05, 3.63) is 88.8 Å². The van der Waals surface area contributed by atoms with Gasteiger partial charge in [0.2, 0.25) is 5.43 Å². The lowest BCUT2D eigenvalue weighted by molar-refractivity contribution is 0.0240. The predicted molar refractivity (Wildman–Crippen MR) is 165 cm³/mol. The lowest BCUT2D eigenvalue weighted by atomic mass is 10.0. The largest absolute Gasteiger partial charge is 0.444 e. The summed E-state index contributed by atoms with van der Waals surface area (Å²) in [6, 6.07) is 19.6. The van der Waals surface area contributed by atoms with Gasteiger partial charge in [0.15, 0.2) is 0 Å². The second kappa shape index (κ2) is 11.7. The summed E-state index contributed by atoms with van der Waals surface area (Å²) in [6.45, 7) is 12.0. The van der Waals surface area contributed by atoms with Crippen LogP contribution in [-0.4, -0.2) is 64.3 Å². The first kappa shape index (κ1) is 28.9. The number of piperazine rings is 1. The van der Waals surface area contributed by atoms with Crippen molar-refractivity contribution < 1.29 is 14.3 Å². The summed E-state index contributed by atoms with van der Waals surface area (Å²) in [7, 11) is 0. The molecule has 9 heteroatoms. The molecule has 1 aliphatic heterocycles. The highest BCUT2D eigenvalue weighted by Crippen LogP contribution is 2.27. The van der Waals surface area contributed by atoms with Crippen LogP contribution in [0, 0.1) is 0 Å². The van der Waals surface area contributed by atoms with Gasteiger partial charge < -0.3 is 24.4 Å². The van der Waals surface area contributed by atoms with E-state index in [1.165, 1.54) is 0 Å². The monoisotopic (exact) mass is 567 g/mol. The number of nitrogens with zero attached hydrogens (tertiary/aromatic N) is 4. The van der Waals surface area contributed by atoms with Gasteiger partial charge in [-0.3, -0.25) is 9.59 Å². The average molecular weight is 568 g/mol. The first-order valence-electron chi connectivity index (χ1n) is 14.3. The molecule has 42 heavy (non-hydrogen) atoms. The van der Waals surface area contributed by atoms with Crippen molar-refractivity contribution in [2.45, 2.75) is 46.3 Å². The zero-order chi connectivity index (χ0) is 30.0. The van der Waals surface area contributed by atoms with E-state index in [1.807, 2.05) is 58.9 Å². The van der Waals surface area contributed by atoms with Crippen LogP contribution < -0.4 is 15.6 Å². The number of carbonyl (C=O) groups is 2. The molecule has 2 amide bonds. The van der Waals surface area contributed by atoms with Crippen LogP contribution in [0.4, 0.5) is 10.5 Å². The molecule has 218 valence electrons. The number of nitrogens with one attached hydrogen (secondary N) is 1. The standard InChI is InChI=1S/C33H37N5O4/c1-22(2)35-31(40)28-21-38(30-27(29(28)39)10-7-15-34-30)26-9-6-8-24(20-26)23-11-13-25(14-12-23)36-16-18-37(19-17-36)32(41)42-33(3,4)5/h6-15,20-22H,16-19H2,1-5H3,(H,35,40). The minimum absolute atomic E-state index is 0.0747. The summed E-state index contributed by atoms with van der Waals surface area (Å²) in [6.07, 6.45) is 2.95. The van der Waals surface area contributed by atoms with Crippen LogP contribution in [0.1, 0.15) is 45.0 Å².